The number of rotatable bonds is 5. The van der Waals surface area contributed by atoms with E-state index in [9.17, 15) is 10.2 Å². The molecule has 0 saturated carbocycles. The fraction of sp³-hybridized carbons (Fsp3) is 0.282. The molecule has 5 rings (SSSR count). The van der Waals surface area contributed by atoms with Gasteiger partial charge in [-0.05, 0) is 25.7 Å². The van der Waals surface area contributed by atoms with E-state index in [0.29, 0.717) is 0 Å². The van der Waals surface area contributed by atoms with Crippen molar-refractivity contribution in [3.63, 3.8) is 0 Å². The molecule has 0 saturated heterocycles. The summed E-state index contributed by atoms with van der Waals surface area (Å²) in [5, 5.41) is 25.9. The topological polar surface area (TPSA) is 46.1 Å². The van der Waals surface area contributed by atoms with Crippen LogP contribution >= 0.6 is 0 Å². The van der Waals surface area contributed by atoms with E-state index in [1.54, 1.807) is 0 Å². The third-order valence-corrected chi connectivity index (χ3v) is 9.14. The van der Waals surface area contributed by atoms with Gasteiger partial charge in [-0.1, -0.05) is 64.8 Å². The molecular weight excluding hydrogens is 576 g/mol. The van der Waals surface area contributed by atoms with Crippen LogP contribution in [0, 0.1) is 0 Å². The Balaban J connectivity index is 0.000000291. The second kappa shape index (κ2) is 20.7. The Morgan fingerprint density at radius 3 is 1.30 bits per heavy atom. The average molecular weight is 625 g/mol. The molecule has 0 aliphatic rings. The van der Waals surface area contributed by atoms with Gasteiger partial charge < -0.3 is 10.2 Å². The van der Waals surface area contributed by atoms with Crippen LogP contribution in [0.3, 0.4) is 0 Å². The van der Waals surface area contributed by atoms with Crippen LogP contribution in [0.4, 0.5) is 0 Å². The first kappa shape index (κ1) is 37.9. The molecule has 0 heterocycles. The van der Waals surface area contributed by atoms with Crippen molar-refractivity contribution in [3.8, 4) is 0 Å². The first-order chi connectivity index (χ1) is 20.5. The number of fused-ring (bicyclic) bond motifs is 2. The molecule has 4 heteroatoms. The number of hydrogen-bond acceptors (Lipinski definition) is 2. The summed E-state index contributed by atoms with van der Waals surface area (Å²) in [4.78, 5) is 0. The van der Waals surface area contributed by atoms with Gasteiger partial charge in [-0.15, -0.1) is 93.7 Å². The van der Waals surface area contributed by atoms with Crippen molar-refractivity contribution in [2.24, 2.45) is 0 Å². The van der Waals surface area contributed by atoms with Gasteiger partial charge in [-0.3, -0.25) is 0 Å². The summed E-state index contributed by atoms with van der Waals surface area (Å²) < 4.78 is 0. The van der Waals surface area contributed by atoms with E-state index >= 15 is 0 Å². The fourth-order valence-corrected chi connectivity index (χ4v) is 5.91. The van der Waals surface area contributed by atoms with Gasteiger partial charge in [-0.25, -0.2) is 0 Å². The van der Waals surface area contributed by atoms with Crippen LogP contribution in [0.2, 0.25) is 6.55 Å². The van der Waals surface area contributed by atoms with Gasteiger partial charge in [0.1, 0.15) is 0 Å². The van der Waals surface area contributed by atoms with Crippen LogP contribution in [0.25, 0.3) is 21.5 Å². The zero-order valence-electron chi connectivity index (χ0n) is 27.2. The number of aryl methyl sites for hydroxylation is 4. The molecule has 0 unspecified atom stereocenters. The van der Waals surface area contributed by atoms with Crippen molar-refractivity contribution >= 4 is 32.9 Å². The predicted molar refractivity (Wildman–Crippen MR) is 184 cm³/mol. The zero-order valence-corrected chi connectivity index (χ0v) is 29.8. The van der Waals surface area contributed by atoms with Gasteiger partial charge in [0.25, 0.3) is 0 Å². The summed E-state index contributed by atoms with van der Waals surface area (Å²) in [6.07, 6.45) is 4.32. The predicted octanol–water partition coefficient (Wildman–Crippen LogP) is 8.19. The SMILES string of the molecule is C=C(C)[O-].C=C(C)[O-].CCc1cc2c(CC)cccc2[cH-]1.CCc1cc2c(CC)cccc2[cH-]1.C[Si](=[Ti+2])c1ccccc1. The molecule has 226 valence electrons. The van der Waals surface area contributed by atoms with E-state index in [1.807, 2.05) is 0 Å². The quantitative estimate of drug-likeness (QED) is 0.112. The van der Waals surface area contributed by atoms with Gasteiger partial charge in [0.05, 0.1) is 0 Å². The molecule has 0 amide bonds. The monoisotopic (exact) mass is 624 g/mol. The van der Waals surface area contributed by atoms with Gasteiger partial charge in [0, 0.05) is 0 Å². The third kappa shape index (κ3) is 14.3. The van der Waals surface area contributed by atoms with Crippen molar-refractivity contribution < 1.29 is 29.4 Å². The average Bonchev–Trinajstić information content (AvgIpc) is 3.61. The summed E-state index contributed by atoms with van der Waals surface area (Å²) in [6.45, 7) is 20.0. The minimum absolute atomic E-state index is 0.0833. The van der Waals surface area contributed by atoms with E-state index < -0.39 is 0 Å². The van der Waals surface area contributed by atoms with Crippen molar-refractivity contribution in [3.05, 3.63) is 138 Å². The second-order valence-corrected chi connectivity index (χ2v) is 15.7. The van der Waals surface area contributed by atoms with Crippen LogP contribution in [0.15, 0.2) is 116 Å². The maximum absolute atomic E-state index is 9.33. The Kier molecular flexibility index (Phi) is 18.3. The van der Waals surface area contributed by atoms with E-state index in [0.717, 1.165) is 25.7 Å². The zero-order chi connectivity index (χ0) is 32.4. The Morgan fingerprint density at radius 1 is 0.651 bits per heavy atom. The Morgan fingerprint density at radius 2 is 1.02 bits per heavy atom. The van der Waals surface area contributed by atoms with E-state index in [2.05, 4.69) is 158 Å². The van der Waals surface area contributed by atoms with Crippen LogP contribution in [-0.4, -0.2) is 6.19 Å². The van der Waals surface area contributed by atoms with Crippen LogP contribution in [0.5, 0.6) is 0 Å². The molecule has 0 aliphatic carbocycles. The molecule has 0 aliphatic heterocycles. The number of benzene rings is 3. The first-order valence-electron chi connectivity index (χ1n) is 15.1. The van der Waals surface area contributed by atoms with Crippen molar-refractivity contribution in [1.82, 2.24) is 0 Å². The molecule has 0 spiro atoms. The summed E-state index contributed by atoms with van der Waals surface area (Å²) in [5.74, 6) is -0.167. The molecule has 5 aromatic carbocycles. The molecule has 2 nitrogen and oxygen atoms in total. The standard InChI is InChI=1S/2C13H15.C7H8Si.2C3H6O.Ti/c2*1-3-10-8-12-7-5-6-11(4-2)13(12)9-10;1-8-7-5-3-2-4-6-7;2*1-3(2)4;/h2*5-9H,3-4H2,1-2H3;2-6H,1H3;2*4H,1H2,2H3;/q2*-1;;;;+2/p-2. The summed E-state index contributed by atoms with van der Waals surface area (Å²) >= 11 is 2.31. The van der Waals surface area contributed by atoms with Crippen molar-refractivity contribution in [1.29, 1.82) is 0 Å². The van der Waals surface area contributed by atoms with Crippen molar-refractivity contribution in [2.75, 3.05) is 0 Å². The molecule has 0 fully saturated rings. The molecule has 0 N–H and O–H groups in total. The molecule has 0 bridgehead atoms. The van der Waals surface area contributed by atoms with Crippen LogP contribution < -0.4 is 15.4 Å². The molecule has 0 aromatic heterocycles. The molecule has 0 atom stereocenters. The molecule has 5 aromatic rings. The van der Waals surface area contributed by atoms with Crippen molar-refractivity contribution in [2.45, 2.75) is 73.8 Å². The Bertz CT molecular complexity index is 1450. The first-order valence-corrected chi connectivity index (χ1v) is 19.4. The maximum atomic E-state index is 9.33. The summed E-state index contributed by atoms with van der Waals surface area (Å²) in [6, 6.07) is 33.1. The molecular formula is C39H48O2SiTi-2. The summed E-state index contributed by atoms with van der Waals surface area (Å²) in [7, 11) is 0. The van der Waals surface area contributed by atoms with Gasteiger partial charge in [-0.2, -0.15) is 12.1 Å². The fourth-order valence-electron chi connectivity index (χ4n) is 4.44. The van der Waals surface area contributed by atoms with E-state index in [4.69, 9.17) is 0 Å². The van der Waals surface area contributed by atoms with Gasteiger partial charge >= 0.3 is 67.4 Å². The summed E-state index contributed by atoms with van der Waals surface area (Å²) in [5.41, 5.74) is 5.85. The van der Waals surface area contributed by atoms with Crippen LogP contribution in [-0.2, 0) is 44.9 Å². The van der Waals surface area contributed by atoms with E-state index in [-0.39, 0.29) is 17.7 Å². The van der Waals surface area contributed by atoms with Gasteiger partial charge in [0.2, 0.25) is 0 Å². The second-order valence-electron chi connectivity index (χ2n) is 10.4. The molecule has 0 radical (unpaired) electrons. The van der Waals surface area contributed by atoms with Crippen LogP contribution in [0.1, 0.15) is 63.8 Å². The molecule has 43 heavy (non-hydrogen) atoms. The Labute approximate surface area is 272 Å². The van der Waals surface area contributed by atoms with E-state index in [1.165, 1.54) is 62.8 Å². The Hall–Kier alpha value is -3.11. The number of hydrogen-bond donors (Lipinski definition) is 0. The third-order valence-electron chi connectivity index (χ3n) is 6.59. The van der Waals surface area contributed by atoms with Gasteiger partial charge in [0.15, 0.2) is 0 Å². The number of allylic oxidation sites excluding steroid dienone is 2. The normalized spacial score (nSPS) is 9.70. The minimum atomic E-state index is -0.212.